The molecule has 0 bridgehead atoms. The van der Waals surface area contributed by atoms with Gasteiger partial charge in [-0.15, -0.1) is 0 Å². The molecule has 2 amide bonds. The Morgan fingerprint density at radius 2 is 1.62 bits per heavy atom. The van der Waals surface area contributed by atoms with E-state index in [9.17, 15) is 9.59 Å². The third kappa shape index (κ3) is 4.15. The Labute approximate surface area is 155 Å². The van der Waals surface area contributed by atoms with Crippen molar-refractivity contribution in [3.05, 3.63) is 58.4 Å². The van der Waals surface area contributed by atoms with Crippen molar-refractivity contribution >= 4 is 11.8 Å². The minimum atomic E-state index is 0.0553. The lowest BCUT2D eigenvalue weighted by atomic mass is 10.1. The highest BCUT2D eigenvalue weighted by atomic mass is 16.2. The Hall–Kier alpha value is -2.56. The maximum absolute atomic E-state index is 12.8. The lowest BCUT2D eigenvalue weighted by molar-refractivity contribution is -0.130. The van der Waals surface area contributed by atoms with E-state index in [1.54, 1.807) is 0 Å². The zero-order valence-electron chi connectivity index (χ0n) is 15.8. The van der Waals surface area contributed by atoms with Gasteiger partial charge in [0.25, 0.3) is 5.91 Å². The van der Waals surface area contributed by atoms with E-state index in [-0.39, 0.29) is 11.8 Å². The van der Waals surface area contributed by atoms with Crippen molar-refractivity contribution < 1.29 is 9.59 Å². The molecular formula is C21H27N3O2. The number of nitrogens with one attached hydrogen (secondary N) is 1. The lowest BCUT2D eigenvalue weighted by Crippen LogP contribution is -2.38. The van der Waals surface area contributed by atoms with Crippen LogP contribution < -0.4 is 0 Å². The van der Waals surface area contributed by atoms with Crippen LogP contribution >= 0.6 is 0 Å². The number of aromatic nitrogens is 1. The fraction of sp³-hybridized carbons (Fsp3) is 0.429. The monoisotopic (exact) mass is 353 g/mol. The van der Waals surface area contributed by atoms with E-state index in [0.717, 1.165) is 28.9 Å². The molecule has 0 radical (unpaired) electrons. The summed E-state index contributed by atoms with van der Waals surface area (Å²) >= 11 is 0. The maximum atomic E-state index is 12.8. The predicted octanol–water partition coefficient (Wildman–Crippen LogP) is 2.86. The van der Waals surface area contributed by atoms with Crippen LogP contribution in [0.2, 0.25) is 0 Å². The van der Waals surface area contributed by atoms with E-state index in [1.807, 2.05) is 60.9 Å². The molecule has 2 aromatic rings. The fourth-order valence-electron chi connectivity index (χ4n) is 3.48. The van der Waals surface area contributed by atoms with Gasteiger partial charge in [0, 0.05) is 37.6 Å². The topological polar surface area (TPSA) is 56.4 Å². The minimum Gasteiger partial charge on any atom is -0.362 e. The van der Waals surface area contributed by atoms with Gasteiger partial charge >= 0.3 is 0 Å². The Balaban J connectivity index is 1.60. The first kappa shape index (κ1) is 18.2. The van der Waals surface area contributed by atoms with Crippen molar-refractivity contribution in [2.75, 3.05) is 26.2 Å². The average molecular weight is 353 g/mol. The summed E-state index contributed by atoms with van der Waals surface area (Å²) in [7, 11) is 0. The smallest absolute Gasteiger partial charge is 0.255 e. The molecule has 1 aromatic carbocycles. The van der Waals surface area contributed by atoms with Gasteiger partial charge in [-0.2, -0.15) is 0 Å². The lowest BCUT2D eigenvalue weighted by Gasteiger charge is -2.22. The first-order valence-electron chi connectivity index (χ1n) is 9.23. The molecule has 138 valence electrons. The van der Waals surface area contributed by atoms with Crippen LogP contribution in [0.25, 0.3) is 0 Å². The summed E-state index contributed by atoms with van der Waals surface area (Å²) in [5, 5.41) is 0. The van der Waals surface area contributed by atoms with Crippen molar-refractivity contribution in [1.82, 2.24) is 14.8 Å². The highest BCUT2D eigenvalue weighted by Gasteiger charge is 2.24. The molecule has 2 heterocycles. The van der Waals surface area contributed by atoms with Gasteiger partial charge in [0.15, 0.2) is 0 Å². The highest BCUT2D eigenvalue weighted by Crippen LogP contribution is 2.15. The number of carbonyl (C=O) groups excluding carboxylic acids is 2. The number of amides is 2. The van der Waals surface area contributed by atoms with Crippen molar-refractivity contribution in [1.29, 1.82) is 0 Å². The molecule has 1 aliphatic heterocycles. The number of aryl methyl sites for hydroxylation is 3. The molecule has 0 saturated carbocycles. The van der Waals surface area contributed by atoms with E-state index in [1.165, 1.54) is 5.56 Å². The van der Waals surface area contributed by atoms with Crippen LogP contribution in [0.3, 0.4) is 0 Å². The second-order valence-corrected chi connectivity index (χ2v) is 7.18. The van der Waals surface area contributed by atoms with Crippen LogP contribution in [0.1, 0.15) is 39.3 Å². The number of benzene rings is 1. The van der Waals surface area contributed by atoms with Crippen molar-refractivity contribution in [2.24, 2.45) is 0 Å². The summed E-state index contributed by atoms with van der Waals surface area (Å²) in [6.45, 7) is 8.50. The molecule has 26 heavy (non-hydrogen) atoms. The van der Waals surface area contributed by atoms with E-state index in [0.29, 0.717) is 32.6 Å². The first-order chi connectivity index (χ1) is 12.4. The van der Waals surface area contributed by atoms with Gasteiger partial charge in [0.05, 0.1) is 12.0 Å². The number of hydrogen-bond acceptors (Lipinski definition) is 2. The summed E-state index contributed by atoms with van der Waals surface area (Å²) in [6.07, 6.45) is 1.23. The molecule has 0 aliphatic carbocycles. The molecule has 1 aliphatic rings. The zero-order valence-corrected chi connectivity index (χ0v) is 15.8. The third-order valence-corrected chi connectivity index (χ3v) is 4.99. The highest BCUT2D eigenvalue weighted by molar-refractivity contribution is 5.95. The molecule has 0 spiro atoms. The van der Waals surface area contributed by atoms with E-state index in [2.05, 4.69) is 4.98 Å². The van der Waals surface area contributed by atoms with E-state index < -0.39 is 0 Å². The maximum Gasteiger partial charge on any atom is 0.255 e. The minimum absolute atomic E-state index is 0.0553. The average Bonchev–Trinajstić information content (AvgIpc) is 2.82. The normalized spacial score (nSPS) is 15.0. The Kier molecular flexibility index (Phi) is 5.45. The van der Waals surface area contributed by atoms with Crippen LogP contribution in [0.5, 0.6) is 0 Å². The summed E-state index contributed by atoms with van der Waals surface area (Å²) in [6, 6.07) is 10.00. The molecule has 0 unspecified atom stereocenters. The quantitative estimate of drug-likeness (QED) is 0.922. The van der Waals surface area contributed by atoms with E-state index in [4.69, 9.17) is 0 Å². The van der Waals surface area contributed by atoms with Gasteiger partial charge < -0.3 is 14.8 Å². The van der Waals surface area contributed by atoms with Crippen LogP contribution in [-0.4, -0.2) is 52.8 Å². The summed E-state index contributed by atoms with van der Waals surface area (Å²) in [4.78, 5) is 32.4. The first-order valence-corrected chi connectivity index (χ1v) is 9.23. The summed E-state index contributed by atoms with van der Waals surface area (Å²) < 4.78 is 0. The molecule has 1 fully saturated rings. The predicted molar refractivity (Wildman–Crippen MR) is 102 cm³/mol. The number of H-pyrrole nitrogens is 1. The number of nitrogens with zero attached hydrogens (tertiary/aromatic N) is 2. The second kappa shape index (κ2) is 7.77. The van der Waals surface area contributed by atoms with Crippen LogP contribution in [0.4, 0.5) is 0 Å². The van der Waals surface area contributed by atoms with Gasteiger partial charge in [-0.3, -0.25) is 9.59 Å². The molecule has 0 atom stereocenters. The third-order valence-electron chi connectivity index (χ3n) is 4.99. The standard InChI is InChI=1S/C21H27N3O2/c1-15-5-7-18(8-6-15)14-20(25)23-9-4-10-24(12-11-23)21(26)19-13-16(2)22-17(19)3/h5-8,13,22H,4,9-12,14H2,1-3H3. The van der Waals surface area contributed by atoms with Gasteiger partial charge in [-0.05, 0) is 38.8 Å². The van der Waals surface area contributed by atoms with Crippen LogP contribution in [0, 0.1) is 20.8 Å². The van der Waals surface area contributed by atoms with Crippen molar-refractivity contribution in [2.45, 2.75) is 33.6 Å². The number of hydrogen-bond donors (Lipinski definition) is 1. The van der Waals surface area contributed by atoms with Gasteiger partial charge in [0.1, 0.15) is 0 Å². The molecular weight excluding hydrogens is 326 g/mol. The molecule has 5 nitrogen and oxygen atoms in total. The zero-order chi connectivity index (χ0) is 18.7. The number of rotatable bonds is 3. The largest absolute Gasteiger partial charge is 0.362 e. The summed E-state index contributed by atoms with van der Waals surface area (Å²) in [5.41, 5.74) is 4.87. The number of aromatic amines is 1. The van der Waals surface area contributed by atoms with Gasteiger partial charge in [-0.25, -0.2) is 0 Å². The fourth-order valence-corrected chi connectivity index (χ4v) is 3.48. The Morgan fingerprint density at radius 3 is 2.27 bits per heavy atom. The molecule has 3 rings (SSSR count). The molecule has 1 aromatic heterocycles. The Bertz CT molecular complexity index is 792. The van der Waals surface area contributed by atoms with Crippen LogP contribution in [0.15, 0.2) is 30.3 Å². The Morgan fingerprint density at radius 1 is 0.962 bits per heavy atom. The van der Waals surface area contributed by atoms with Gasteiger partial charge in [0.2, 0.25) is 5.91 Å². The molecule has 5 heteroatoms. The number of carbonyl (C=O) groups is 2. The SMILES string of the molecule is Cc1ccc(CC(=O)N2CCCN(C(=O)c3cc(C)[nH]c3C)CC2)cc1. The second-order valence-electron chi connectivity index (χ2n) is 7.18. The molecule has 1 N–H and O–H groups in total. The van der Waals surface area contributed by atoms with Crippen LogP contribution in [-0.2, 0) is 11.2 Å². The molecule has 1 saturated heterocycles. The van der Waals surface area contributed by atoms with Gasteiger partial charge in [-0.1, -0.05) is 29.8 Å². The van der Waals surface area contributed by atoms with E-state index >= 15 is 0 Å². The summed E-state index contributed by atoms with van der Waals surface area (Å²) in [5.74, 6) is 0.191. The van der Waals surface area contributed by atoms with Crippen molar-refractivity contribution in [3.63, 3.8) is 0 Å². The van der Waals surface area contributed by atoms with Crippen molar-refractivity contribution in [3.8, 4) is 0 Å².